The number of carbonyl (C=O) groups excluding carboxylic acids is 1. The van der Waals surface area contributed by atoms with Crippen LogP contribution in [0.3, 0.4) is 0 Å². The number of nitrogens with zero attached hydrogens (tertiary/aromatic N) is 1. The molecule has 1 aromatic carbocycles. The summed E-state index contributed by atoms with van der Waals surface area (Å²) in [6.07, 6.45) is 2.00. The molecule has 0 radical (unpaired) electrons. The van der Waals surface area contributed by atoms with E-state index in [0.29, 0.717) is 5.02 Å². The summed E-state index contributed by atoms with van der Waals surface area (Å²) in [7, 11) is 0. The number of phenols is 1. The average Bonchev–Trinajstić information content (AvgIpc) is 2.79. The number of hydrogen-bond acceptors (Lipinski definition) is 2. The molecule has 92 valence electrons. The Hall–Kier alpha value is -0.740. The number of aromatic hydroxyl groups is 1. The van der Waals surface area contributed by atoms with E-state index in [1.54, 1.807) is 11.0 Å². The van der Waals surface area contributed by atoms with E-state index in [1.165, 1.54) is 12.1 Å². The number of benzene rings is 1. The Labute approximate surface area is 114 Å². The summed E-state index contributed by atoms with van der Waals surface area (Å²) < 4.78 is 0. The van der Waals surface area contributed by atoms with Gasteiger partial charge in [0, 0.05) is 22.9 Å². The highest BCUT2D eigenvalue weighted by molar-refractivity contribution is 9.09. The minimum atomic E-state index is -0.146. The van der Waals surface area contributed by atoms with E-state index < -0.39 is 0 Å². The van der Waals surface area contributed by atoms with Crippen molar-refractivity contribution in [3.63, 3.8) is 0 Å². The molecule has 5 heteroatoms. The fourth-order valence-electron chi connectivity index (χ4n) is 2.10. The fourth-order valence-corrected chi connectivity index (χ4v) is 2.94. The van der Waals surface area contributed by atoms with Crippen LogP contribution < -0.4 is 0 Å². The third-order valence-electron chi connectivity index (χ3n) is 3.01. The lowest BCUT2D eigenvalue weighted by atomic mass is 10.1. The zero-order chi connectivity index (χ0) is 12.4. The van der Waals surface area contributed by atoms with E-state index in [0.717, 1.165) is 24.7 Å². The summed E-state index contributed by atoms with van der Waals surface area (Å²) in [4.78, 5) is 14.1. The highest BCUT2D eigenvalue weighted by Crippen LogP contribution is 2.27. The van der Waals surface area contributed by atoms with Crippen molar-refractivity contribution in [2.45, 2.75) is 18.9 Å². The second kappa shape index (κ2) is 5.27. The third-order valence-corrected chi connectivity index (χ3v) is 3.99. The van der Waals surface area contributed by atoms with Gasteiger partial charge in [0.1, 0.15) is 5.75 Å². The molecule has 1 heterocycles. The molecule has 0 spiro atoms. The minimum Gasteiger partial charge on any atom is -0.507 e. The van der Waals surface area contributed by atoms with Crippen LogP contribution in [0.5, 0.6) is 5.75 Å². The molecule has 2 rings (SSSR count). The van der Waals surface area contributed by atoms with Crippen LogP contribution in [0.2, 0.25) is 5.02 Å². The van der Waals surface area contributed by atoms with Gasteiger partial charge in [-0.1, -0.05) is 27.5 Å². The molecule has 1 saturated heterocycles. The van der Waals surface area contributed by atoms with Crippen molar-refractivity contribution in [2.24, 2.45) is 0 Å². The van der Waals surface area contributed by atoms with Crippen LogP contribution in [0.15, 0.2) is 18.2 Å². The smallest absolute Gasteiger partial charge is 0.257 e. The topological polar surface area (TPSA) is 40.5 Å². The zero-order valence-electron chi connectivity index (χ0n) is 9.20. The molecular weight excluding hydrogens is 305 g/mol. The molecule has 1 aliphatic rings. The normalized spacial score (nSPS) is 19.6. The highest BCUT2D eigenvalue weighted by atomic mass is 79.9. The fraction of sp³-hybridized carbons (Fsp3) is 0.417. The molecule has 0 bridgehead atoms. The van der Waals surface area contributed by atoms with Crippen LogP contribution in [0.4, 0.5) is 0 Å². The summed E-state index contributed by atoms with van der Waals surface area (Å²) >= 11 is 9.25. The number of alkyl halides is 1. The first-order valence-electron chi connectivity index (χ1n) is 5.49. The zero-order valence-corrected chi connectivity index (χ0v) is 11.5. The number of likely N-dealkylation sites (tertiary alicyclic amines) is 1. The van der Waals surface area contributed by atoms with Gasteiger partial charge in [-0.3, -0.25) is 4.79 Å². The Balaban J connectivity index is 2.27. The van der Waals surface area contributed by atoms with E-state index in [9.17, 15) is 9.90 Å². The number of phenolic OH excluding ortho intramolecular Hbond substituents is 1. The van der Waals surface area contributed by atoms with E-state index in [4.69, 9.17) is 11.6 Å². The first-order chi connectivity index (χ1) is 8.13. The van der Waals surface area contributed by atoms with E-state index >= 15 is 0 Å². The number of hydrogen-bond donors (Lipinski definition) is 1. The van der Waals surface area contributed by atoms with Crippen LogP contribution in [-0.2, 0) is 0 Å². The summed E-state index contributed by atoms with van der Waals surface area (Å²) in [6.45, 7) is 0.737. The van der Waals surface area contributed by atoms with Crippen molar-refractivity contribution in [1.82, 2.24) is 4.90 Å². The average molecular weight is 319 g/mol. The molecule has 1 unspecified atom stereocenters. The molecule has 1 N–H and O–H groups in total. The van der Waals surface area contributed by atoms with E-state index in [-0.39, 0.29) is 23.3 Å². The van der Waals surface area contributed by atoms with Crippen molar-refractivity contribution >= 4 is 33.4 Å². The second-order valence-corrected chi connectivity index (χ2v) is 5.19. The lowest BCUT2D eigenvalue weighted by Crippen LogP contribution is -2.36. The van der Waals surface area contributed by atoms with E-state index in [2.05, 4.69) is 15.9 Å². The SMILES string of the molecule is O=C(c1cc(Cl)ccc1O)N1CCCC1CBr. The summed E-state index contributed by atoms with van der Waals surface area (Å²) in [6, 6.07) is 4.75. The van der Waals surface area contributed by atoms with Crippen LogP contribution in [0, 0.1) is 0 Å². The molecule has 1 amide bonds. The first-order valence-corrected chi connectivity index (χ1v) is 6.99. The number of rotatable bonds is 2. The Morgan fingerprint density at radius 3 is 3.06 bits per heavy atom. The Morgan fingerprint density at radius 1 is 1.59 bits per heavy atom. The molecule has 0 saturated carbocycles. The molecule has 0 aromatic heterocycles. The number of carbonyl (C=O) groups is 1. The largest absolute Gasteiger partial charge is 0.507 e. The van der Waals surface area contributed by atoms with Gasteiger partial charge in [0.2, 0.25) is 0 Å². The Kier molecular flexibility index (Phi) is 3.94. The van der Waals surface area contributed by atoms with Crippen molar-refractivity contribution in [3.8, 4) is 5.75 Å². The van der Waals surface area contributed by atoms with Gasteiger partial charge in [0.05, 0.1) is 5.56 Å². The quantitative estimate of drug-likeness (QED) is 0.852. The Morgan fingerprint density at radius 2 is 2.35 bits per heavy atom. The van der Waals surface area contributed by atoms with Gasteiger partial charge >= 0.3 is 0 Å². The van der Waals surface area contributed by atoms with Gasteiger partial charge in [-0.05, 0) is 31.0 Å². The third kappa shape index (κ3) is 2.58. The molecular formula is C12H13BrClNO2. The van der Waals surface area contributed by atoms with Gasteiger partial charge < -0.3 is 10.0 Å². The molecule has 0 aliphatic carbocycles. The second-order valence-electron chi connectivity index (χ2n) is 4.11. The van der Waals surface area contributed by atoms with Crippen LogP contribution >= 0.6 is 27.5 Å². The lowest BCUT2D eigenvalue weighted by Gasteiger charge is -2.23. The summed E-state index contributed by atoms with van der Waals surface area (Å²) in [5, 5.41) is 10.9. The van der Waals surface area contributed by atoms with Crippen molar-refractivity contribution < 1.29 is 9.90 Å². The molecule has 1 atom stereocenters. The van der Waals surface area contributed by atoms with Crippen molar-refractivity contribution in [2.75, 3.05) is 11.9 Å². The van der Waals surface area contributed by atoms with Gasteiger partial charge in [0.15, 0.2) is 0 Å². The van der Waals surface area contributed by atoms with E-state index in [1.807, 2.05) is 0 Å². The van der Waals surface area contributed by atoms with Gasteiger partial charge in [0.25, 0.3) is 5.91 Å². The maximum Gasteiger partial charge on any atom is 0.257 e. The number of halogens is 2. The highest BCUT2D eigenvalue weighted by Gasteiger charge is 2.29. The van der Waals surface area contributed by atoms with Crippen LogP contribution in [0.25, 0.3) is 0 Å². The predicted octanol–water partition coefficient (Wildman–Crippen LogP) is 3.05. The van der Waals surface area contributed by atoms with Gasteiger partial charge in [-0.15, -0.1) is 0 Å². The van der Waals surface area contributed by atoms with Crippen LogP contribution in [-0.4, -0.2) is 33.8 Å². The first kappa shape index (κ1) is 12.7. The monoisotopic (exact) mass is 317 g/mol. The summed E-state index contributed by atoms with van der Waals surface area (Å²) in [5.74, 6) is -0.161. The molecule has 17 heavy (non-hydrogen) atoms. The number of amides is 1. The summed E-state index contributed by atoms with van der Waals surface area (Å²) in [5.41, 5.74) is 0.283. The Bertz CT molecular complexity index is 439. The maximum absolute atomic E-state index is 12.3. The predicted molar refractivity (Wildman–Crippen MR) is 71.0 cm³/mol. The minimum absolute atomic E-state index is 0.0142. The van der Waals surface area contributed by atoms with Crippen LogP contribution in [0.1, 0.15) is 23.2 Å². The molecule has 1 fully saturated rings. The molecule has 1 aromatic rings. The molecule has 3 nitrogen and oxygen atoms in total. The van der Waals surface area contributed by atoms with Gasteiger partial charge in [-0.2, -0.15) is 0 Å². The maximum atomic E-state index is 12.3. The molecule has 1 aliphatic heterocycles. The van der Waals surface area contributed by atoms with Crippen molar-refractivity contribution in [1.29, 1.82) is 0 Å². The van der Waals surface area contributed by atoms with Crippen molar-refractivity contribution in [3.05, 3.63) is 28.8 Å². The van der Waals surface area contributed by atoms with Gasteiger partial charge in [-0.25, -0.2) is 0 Å². The standard InChI is InChI=1S/C12H13BrClNO2/c13-7-9-2-1-5-15(9)12(17)10-6-8(14)3-4-11(10)16/h3-4,6,9,16H,1-2,5,7H2. The lowest BCUT2D eigenvalue weighted by molar-refractivity contribution is 0.0747.